The molecule has 1 fully saturated rings. The van der Waals surface area contributed by atoms with E-state index in [2.05, 4.69) is 10.1 Å². The fourth-order valence-electron chi connectivity index (χ4n) is 1.92. The predicted octanol–water partition coefficient (Wildman–Crippen LogP) is -0.178. The Morgan fingerprint density at radius 3 is 3.00 bits per heavy atom. The Bertz CT molecular complexity index is 488. The molecule has 1 aliphatic heterocycles. The molecule has 2 heterocycles. The molecule has 2 atom stereocenters. The molecule has 1 amide bonds. The number of rotatable bonds is 3. The number of nitrogens with zero attached hydrogens (tertiary/aromatic N) is 5. The number of carbonyl (C=O) groups excluding carboxylic acids is 1. The summed E-state index contributed by atoms with van der Waals surface area (Å²) in [6, 6.07) is -0.0118. The molecule has 1 aliphatic rings. The Balaban J connectivity index is 2.01. The number of carbonyl (C=O) groups is 1. The lowest BCUT2D eigenvalue weighted by Gasteiger charge is -2.36. The summed E-state index contributed by atoms with van der Waals surface area (Å²) in [5.74, 6) is -0.654. The van der Waals surface area contributed by atoms with Crippen molar-refractivity contribution < 1.29 is 14.5 Å². The van der Waals surface area contributed by atoms with Gasteiger partial charge >= 0.3 is 5.95 Å². The second-order valence-corrected chi connectivity index (χ2v) is 4.54. The third-order valence-electron chi connectivity index (χ3n) is 2.91. The summed E-state index contributed by atoms with van der Waals surface area (Å²) in [4.78, 5) is 27.1. The highest BCUT2D eigenvalue weighted by Gasteiger charge is 2.28. The molecule has 104 valence electrons. The zero-order valence-electron chi connectivity index (χ0n) is 10.7. The van der Waals surface area contributed by atoms with Crippen molar-refractivity contribution in [2.24, 2.45) is 0 Å². The minimum atomic E-state index is -0.694. The van der Waals surface area contributed by atoms with Gasteiger partial charge in [-0.05, 0) is 18.8 Å². The summed E-state index contributed by atoms with van der Waals surface area (Å²) in [6.07, 6.45) is 1.18. The Labute approximate surface area is 109 Å². The van der Waals surface area contributed by atoms with Gasteiger partial charge in [0.2, 0.25) is 12.2 Å². The first-order valence-corrected chi connectivity index (χ1v) is 5.92. The van der Waals surface area contributed by atoms with E-state index in [0.717, 1.165) is 0 Å². The molecule has 0 aliphatic carbocycles. The van der Waals surface area contributed by atoms with Gasteiger partial charge in [0.25, 0.3) is 0 Å². The lowest BCUT2D eigenvalue weighted by Crippen LogP contribution is -2.51. The molecular formula is C10H15N5O4. The SMILES string of the molecule is CC1CN(C(=O)Cn2cnc([N+](=O)[O-])n2)C(C)CO1. The molecular weight excluding hydrogens is 254 g/mol. The Hall–Kier alpha value is -2.03. The Morgan fingerprint density at radius 1 is 1.63 bits per heavy atom. The Morgan fingerprint density at radius 2 is 2.37 bits per heavy atom. The summed E-state index contributed by atoms with van der Waals surface area (Å²) in [5.41, 5.74) is 0. The summed E-state index contributed by atoms with van der Waals surface area (Å²) >= 11 is 0. The molecule has 2 unspecified atom stereocenters. The standard InChI is InChI=1S/C10H15N5O4/c1-7-5-19-8(2)3-14(7)9(16)4-13-6-11-10(12-13)15(17)18/h6-8H,3-5H2,1-2H3. The van der Waals surface area contributed by atoms with E-state index in [4.69, 9.17) is 4.74 Å². The zero-order chi connectivity index (χ0) is 14.0. The van der Waals surface area contributed by atoms with Crippen molar-refractivity contribution in [2.75, 3.05) is 13.2 Å². The van der Waals surface area contributed by atoms with Gasteiger partial charge in [-0.1, -0.05) is 4.98 Å². The van der Waals surface area contributed by atoms with Crippen molar-refractivity contribution in [3.63, 3.8) is 0 Å². The number of amides is 1. The summed E-state index contributed by atoms with van der Waals surface area (Å²) in [5, 5.41) is 14.1. The van der Waals surface area contributed by atoms with E-state index >= 15 is 0 Å². The highest BCUT2D eigenvalue weighted by atomic mass is 16.6. The van der Waals surface area contributed by atoms with Gasteiger partial charge in [0.1, 0.15) is 6.54 Å². The van der Waals surface area contributed by atoms with E-state index in [9.17, 15) is 14.9 Å². The van der Waals surface area contributed by atoms with Crippen LogP contribution in [-0.2, 0) is 16.1 Å². The van der Waals surface area contributed by atoms with Crippen molar-refractivity contribution in [3.05, 3.63) is 16.4 Å². The van der Waals surface area contributed by atoms with E-state index in [-0.39, 0.29) is 24.6 Å². The van der Waals surface area contributed by atoms with E-state index < -0.39 is 10.9 Å². The molecule has 0 spiro atoms. The molecule has 0 aromatic carbocycles. The molecule has 19 heavy (non-hydrogen) atoms. The van der Waals surface area contributed by atoms with Gasteiger partial charge in [-0.15, -0.1) is 0 Å². The van der Waals surface area contributed by atoms with E-state index in [0.29, 0.717) is 13.2 Å². The van der Waals surface area contributed by atoms with E-state index in [1.807, 2.05) is 13.8 Å². The Kier molecular flexibility index (Phi) is 3.74. The van der Waals surface area contributed by atoms with Crippen LogP contribution in [0.15, 0.2) is 6.33 Å². The summed E-state index contributed by atoms with van der Waals surface area (Å²) in [6.45, 7) is 4.74. The maximum atomic E-state index is 12.1. The van der Waals surface area contributed by atoms with Crippen LogP contribution in [0.3, 0.4) is 0 Å². The second kappa shape index (κ2) is 5.31. The van der Waals surface area contributed by atoms with Crippen LogP contribution in [0.1, 0.15) is 13.8 Å². The molecule has 1 saturated heterocycles. The highest BCUT2D eigenvalue weighted by molar-refractivity contribution is 5.76. The molecule has 1 aromatic heterocycles. The normalized spacial score (nSPS) is 23.4. The molecule has 0 saturated carbocycles. The average Bonchev–Trinajstić information content (AvgIpc) is 2.80. The molecule has 2 rings (SSSR count). The van der Waals surface area contributed by atoms with Gasteiger partial charge in [0, 0.05) is 11.6 Å². The molecule has 9 nitrogen and oxygen atoms in total. The van der Waals surface area contributed by atoms with Crippen LogP contribution in [0.25, 0.3) is 0 Å². The van der Waals surface area contributed by atoms with Gasteiger partial charge in [-0.3, -0.25) is 4.79 Å². The minimum absolute atomic E-state index is 0.00904. The second-order valence-electron chi connectivity index (χ2n) is 4.54. The van der Waals surface area contributed by atoms with Crippen molar-refractivity contribution in [3.8, 4) is 0 Å². The van der Waals surface area contributed by atoms with Gasteiger partial charge < -0.3 is 19.8 Å². The predicted molar refractivity (Wildman–Crippen MR) is 63.3 cm³/mol. The van der Waals surface area contributed by atoms with Crippen molar-refractivity contribution in [1.29, 1.82) is 0 Å². The third kappa shape index (κ3) is 3.05. The zero-order valence-corrected chi connectivity index (χ0v) is 10.7. The topological polar surface area (TPSA) is 103 Å². The summed E-state index contributed by atoms with van der Waals surface area (Å²) in [7, 11) is 0. The fourth-order valence-corrected chi connectivity index (χ4v) is 1.92. The van der Waals surface area contributed by atoms with E-state index in [1.54, 1.807) is 4.90 Å². The quantitative estimate of drug-likeness (QED) is 0.557. The van der Waals surface area contributed by atoms with Crippen LogP contribution >= 0.6 is 0 Å². The maximum absolute atomic E-state index is 12.1. The van der Waals surface area contributed by atoms with Crippen molar-refractivity contribution in [1.82, 2.24) is 19.7 Å². The molecule has 9 heteroatoms. The first kappa shape index (κ1) is 13.4. The van der Waals surface area contributed by atoms with Crippen molar-refractivity contribution >= 4 is 11.9 Å². The third-order valence-corrected chi connectivity index (χ3v) is 2.91. The fraction of sp³-hybridized carbons (Fsp3) is 0.700. The van der Waals surface area contributed by atoms with Crippen LogP contribution in [-0.4, -0.2) is 55.8 Å². The molecule has 0 radical (unpaired) electrons. The van der Waals surface area contributed by atoms with Gasteiger partial charge in [-0.2, -0.15) is 4.68 Å². The number of ether oxygens (including phenoxy) is 1. The molecule has 1 aromatic rings. The van der Waals surface area contributed by atoms with Gasteiger partial charge in [0.15, 0.2) is 0 Å². The minimum Gasteiger partial charge on any atom is -0.390 e. The van der Waals surface area contributed by atoms with Crippen LogP contribution in [0.5, 0.6) is 0 Å². The number of morpholine rings is 1. The lowest BCUT2D eigenvalue weighted by molar-refractivity contribution is -0.394. The largest absolute Gasteiger partial charge is 0.490 e. The smallest absolute Gasteiger partial charge is 0.390 e. The van der Waals surface area contributed by atoms with Crippen LogP contribution in [0.2, 0.25) is 0 Å². The van der Waals surface area contributed by atoms with E-state index in [1.165, 1.54) is 11.0 Å². The first-order chi connectivity index (χ1) is 8.97. The maximum Gasteiger partial charge on any atom is 0.490 e. The lowest BCUT2D eigenvalue weighted by atomic mass is 10.2. The van der Waals surface area contributed by atoms with Gasteiger partial charge in [0.05, 0.1) is 18.8 Å². The highest BCUT2D eigenvalue weighted by Crippen LogP contribution is 2.12. The number of aromatic nitrogens is 3. The van der Waals surface area contributed by atoms with Crippen LogP contribution < -0.4 is 0 Å². The van der Waals surface area contributed by atoms with Crippen LogP contribution in [0, 0.1) is 10.1 Å². The van der Waals surface area contributed by atoms with Crippen LogP contribution in [0.4, 0.5) is 5.95 Å². The monoisotopic (exact) mass is 269 g/mol. The number of hydrogen-bond donors (Lipinski definition) is 0. The first-order valence-electron chi connectivity index (χ1n) is 5.92. The number of hydrogen-bond acceptors (Lipinski definition) is 6. The van der Waals surface area contributed by atoms with Gasteiger partial charge in [-0.25, -0.2) is 0 Å². The van der Waals surface area contributed by atoms with Crippen molar-refractivity contribution in [2.45, 2.75) is 32.5 Å². The average molecular weight is 269 g/mol. The molecule has 0 bridgehead atoms. The summed E-state index contributed by atoms with van der Waals surface area (Å²) < 4.78 is 6.61. The number of nitro groups is 1. The molecule has 0 N–H and O–H groups in total.